The smallest absolute Gasteiger partial charge is 0.0919 e. The van der Waals surface area contributed by atoms with Crippen molar-refractivity contribution in [3.05, 3.63) is 34.9 Å². The van der Waals surface area contributed by atoms with Crippen LogP contribution in [0.15, 0.2) is 18.2 Å². The maximum atomic E-state index is 10.7. The Bertz CT molecular complexity index is 528. The highest BCUT2D eigenvalue weighted by Gasteiger charge is 2.25. The lowest BCUT2D eigenvalue weighted by atomic mass is 10.0. The summed E-state index contributed by atoms with van der Waals surface area (Å²) in [6.45, 7) is 11.0. The van der Waals surface area contributed by atoms with E-state index in [1.54, 1.807) is 0 Å². The van der Waals surface area contributed by atoms with Gasteiger partial charge in [0.15, 0.2) is 0 Å². The first-order valence-corrected chi connectivity index (χ1v) is 9.43. The van der Waals surface area contributed by atoms with Crippen molar-refractivity contribution in [2.75, 3.05) is 45.9 Å². The number of aryl methyl sites for hydroxylation is 2. The van der Waals surface area contributed by atoms with Crippen LogP contribution in [0.3, 0.4) is 0 Å². The predicted molar refractivity (Wildman–Crippen MR) is 97.3 cm³/mol. The van der Waals surface area contributed by atoms with Crippen molar-refractivity contribution in [2.24, 2.45) is 0 Å². The number of ether oxygens (including phenoxy) is 1. The zero-order valence-corrected chi connectivity index (χ0v) is 15.2. The van der Waals surface area contributed by atoms with Crippen molar-refractivity contribution < 1.29 is 9.84 Å². The van der Waals surface area contributed by atoms with Crippen LogP contribution < -0.4 is 0 Å². The fraction of sp³-hybridized carbons (Fsp3) is 0.700. The van der Waals surface area contributed by atoms with Crippen LogP contribution in [0, 0.1) is 13.8 Å². The second kappa shape index (κ2) is 8.43. The Hall–Kier alpha value is -0.940. The molecule has 0 aliphatic carbocycles. The van der Waals surface area contributed by atoms with Crippen molar-refractivity contribution in [1.82, 2.24) is 9.80 Å². The van der Waals surface area contributed by atoms with Gasteiger partial charge in [0.1, 0.15) is 0 Å². The van der Waals surface area contributed by atoms with Gasteiger partial charge in [0.05, 0.1) is 18.8 Å². The van der Waals surface area contributed by atoms with Crippen LogP contribution >= 0.6 is 0 Å². The molecule has 134 valence electrons. The lowest BCUT2D eigenvalue weighted by Gasteiger charge is -2.37. The molecule has 0 unspecified atom stereocenters. The summed E-state index contributed by atoms with van der Waals surface area (Å²) in [5, 5.41) is 10.7. The molecule has 0 radical (unpaired) electrons. The molecule has 2 aliphatic heterocycles. The number of benzene rings is 1. The number of aliphatic hydroxyl groups excluding tert-OH is 1. The lowest BCUT2D eigenvalue weighted by Crippen LogP contribution is -2.49. The minimum Gasteiger partial charge on any atom is -0.387 e. The van der Waals surface area contributed by atoms with E-state index in [1.165, 1.54) is 43.5 Å². The van der Waals surface area contributed by atoms with Crippen molar-refractivity contribution in [3.8, 4) is 0 Å². The molecule has 0 amide bonds. The van der Waals surface area contributed by atoms with E-state index in [-0.39, 0.29) is 6.10 Å². The van der Waals surface area contributed by atoms with E-state index in [4.69, 9.17) is 4.74 Å². The van der Waals surface area contributed by atoms with E-state index in [9.17, 15) is 5.11 Å². The summed E-state index contributed by atoms with van der Waals surface area (Å²) >= 11 is 0. The molecular formula is C20H32N2O2. The number of nitrogens with zero attached hydrogens (tertiary/aromatic N) is 2. The van der Waals surface area contributed by atoms with Gasteiger partial charge in [0.2, 0.25) is 0 Å². The summed E-state index contributed by atoms with van der Waals surface area (Å²) in [6.07, 6.45) is 3.88. The van der Waals surface area contributed by atoms with E-state index in [0.29, 0.717) is 6.54 Å². The van der Waals surface area contributed by atoms with Crippen molar-refractivity contribution in [2.45, 2.75) is 45.3 Å². The van der Waals surface area contributed by atoms with Gasteiger partial charge in [-0.05, 0) is 50.9 Å². The third-order valence-corrected chi connectivity index (χ3v) is 5.35. The van der Waals surface area contributed by atoms with Gasteiger partial charge in [-0.1, -0.05) is 30.2 Å². The highest BCUT2D eigenvalue weighted by Crippen LogP contribution is 2.21. The van der Waals surface area contributed by atoms with Crippen LogP contribution in [-0.4, -0.2) is 66.9 Å². The molecule has 1 aromatic rings. The fourth-order valence-electron chi connectivity index (χ4n) is 4.03. The molecule has 4 nitrogen and oxygen atoms in total. The number of hydrogen-bond donors (Lipinski definition) is 1. The van der Waals surface area contributed by atoms with E-state index in [0.717, 1.165) is 31.8 Å². The average Bonchev–Trinajstić information content (AvgIpc) is 2.56. The minimum atomic E-state index is -0.417. The van der Waals surface area contributed by atoms with Crippen molar-refractivity contribution >= 4 is 0 Å². The molecule has 0 aromatic heterocycles. The van der Waals surface area contributed by atoms with Gasteiger partial charge in [0, 0.05) is 26.2 Å². The Kier molecular flexibility index (Phi) is 6.28. The Morgan fingerprint density at radius 1 is 1.12 bits per heavy atom. The number of β-amino-alcohol motifs (C(OH)–C–C–N with tert-alkyl or cyclic N) is 1. The highest BCUT2D eigenvalue weighted by atomic mass is 16.5. The molecular weight excluding hydrogens is 300 g/mol. The normalized spacial score (nSPS) is 24.9. The number of aliphatic hydroxyl groups is 1. The Morgan fingerprint density at radius 3 is 2.67 bits per heavy atom. The number of likely N-dealkylation sites (tertiary alicyclic amines) is 1. The van der Waals surface area contributed by atoms with Crippen molar-refractivity contribution in [3.63, 3.8) is 0 Å². The number of hydrogen-bond acceptors (Lipinski definition) is 4. The van der Waals surface area contributed by atoms with Crippen LogP contribution in [-0.2, 0) is 4.74 Å². The van der Waals surface area contributed by atoms with E-state index < -0.39 is 6.10 Å². The van der Waals surface area contributed by atoms with Gasteiger partial charge in [0.25, 0.3) is 0 Å². The molecule has 0 spiro atoms. The second-order valence-electron chi connectivity index (χ2n) is 7.49. The molecule has 2 saturated heterocycles. The van der Waals surface area contributed by atoms with Gasteiger partial charge < -0.3 is 14.7 Å². The SMILES string of the molecule is Cc1ccc([C@@H](O)CN2CCO[C@H](CN3CCCCC3)C2)c(C)c1. The standard InChI is InChI=1S/C20H32N2O2/c1-16-6-7-19(17(2)12-16)20(23)15-22-10-11-24-18(14-22)13-21-8-4-3-5-9-21/h6-7,12,18,20,23H,3-5,8-11,13-15H2,1-2H3/t18-,20+/m1/s1. The van der Waals surface area contributed by atoms with Gasteiger partial charge in [-0.25, -0.2) is 0 Å². The van der Waals surface area contributed by atoms with Crippen LogP contribution in [0.5, 0.6) is 0 Å². The molecule has 2 aliphatic rings. The largest absolute Gasteiger partial charge is 0.387 e. The van der Waals surface area contributed by atoms with E-state index in [1.807, 2.05) is 0 Å². The summed E-state index contributed by atoms with van der Waals surface area (Å²) in [5.41, 5.74) is 3.48. The maximum absolute atomic E-state index is 10.7. The van der Waals surface area contributed by atoms with Crippen LogP contribution in [0.2, 0.25) is 0 Å². The van der Waals surface area contributed by atoms with Crippen LogP contribution in [0.4, 0.5) is 0 Å². The molecule has 1 N–H and O–H groups in total. The van der Waals surface area contributed by atoms with Crippen LogP contribution in [0.25, 0.3) is 0 Å². The number of piperidine rings is 1. The fourth-order valence-corrected chi connectivity index (χ4v) is 4.03. The molecule has 3 rings (SSSR count). The zero-order valence-electron chi connectivity index (χ0n) is 15.2. The van der Waals surface area contributed by atoms with E-state index >= 15 is 0 Å². The number of morpholine rings is 1. The van der Waals surface area contributed by atoms with Gasteiger partial charge >= 0.3 is 0 Å². The first-order valence-electron chi connectivity index (χ1n) is 9.43. The molecule has 4 heteroatoms. The molecule has 24 heavy (non-hydrogen) atoms. The predicted octanol–water partition coefficient (Wildman–Crippen LogP) is 2.52. The van der Waals surface area contributed by atoms with Crippen molar-refractivity contribution in [1.29, 1.82) is 0 Å². The highest BCUT2D eigenvalue weighted by molar-refractivity contribution is 5.32. The molecule has 1 aromatic carbocycles. The molecule has 0 saturated carbocycles. The Balaban J connectivity index is 1.52. The van der Waals surface area contributed by atoms with Crippen LogP contribution in [0.1, 0.15) is 42.1 Å². The van der Waals surface area contributed by atoms with Gasteiger partial charge in [-0.3, -0.25) is 4.90 Å². The Labute approximate surface area is 146 Å². The van der Waals surface area contributed by atoms with Gasteiger partial charge in [-0.15, -0.1) is 0 Å². The average molecular weight is 332 g/mol. The first-order chi connectivity index (χ1) is 11.6. The lowest BCUT2D eigenvalue weighted by molar-refractivity contribution is -0.0550. The molecule has 2 heterocycles. The Morgan fingerprint density at radius 2 is 1.92 bits per heavy atom. The number of rotatable bonds is 5. The second-order valence-corrected chi connectivity index (χ2v) is 7.49. The summed E-state index contributed by atoms with van der Waals surface area (Å²) in [7, 11) is 0. The molecule has 0 bridgehead atoms. The quantitative estimate of drug-likeness (QED) is 0.899. The molecule has 2 atom stereocenters. The minimum absolute atomic E-state index is 0.281. The monoisotopic (exact) mass is 332 g/mol. The summed E-state index contributed by atoms with van der Waals surface area (Å²) in [6, 6.07) is 6.31. The third kappa shape index (κ3) is 4.79. The third-order valence-electron chi connectivity index (χ3n) is 5.35. The summed E-state index contributed by atoms with van der Waals surface area (Å²) < 4.78 is 5.97. The topological polar surface area (TPSA) is 35.9 Å². The molecule has 2 fully saturated rings. The van der Waals surface area contributed by atoms with E-state index in [2.05, 4.69) is 41.8 Å². The van der Waals surface area contributed by atoms with Gasteiger partial charge in [-0.2, -0.15) is 0 Å². The maximum Gasteiger partial charge on any atom is 0.0919 e. The first kappa shape index (κ1) is 17.9. The zero-order chi connectivity index (χ0) is 16.9. The summed E-state index contributed by atoms with van der Waals surface area (Å²) in [5.74, 6) is 0. The summed E-state index contributed by atoms with van der Waals surface area (Å²) in [4.78, 5) is 4.90.